The van der Waals surface area contributed by atoms with Crippen molar-refractivity contribution >= 4 is 44.3 Å². The van der Waals surface area contributed by atoms with Crippen LogP contribution in [0.15, 0.2) is 170 Å². The predicted molar refractivity (Wildman–Crippen MR) is 199 cm³/mol. The van der Waals surface area contributed by atoms with Crippen LogP contribution in [0.4, 0.5) is 22.7 Å². The van der Waals surface area contributed by atoms with Gasteiger partial charge in [-0.3, -0.25) is 0 Å². The van der Waals surface area contributed by atoms with E-state index in [0.717, 1.165) is 17.1 Å². The Balaban J connectivity index is 1.28. The molecule has 0 unspecified atom stereocenters. The molecule has 2 aliphatic rings. The first-order chi connectivity index (χ1) is 23.8. The highest BCUT2D eigenvalue weighted by Gasteiger charge is 2.52. The van der Waals surface area contributed by atoms with E-state index in [9.17, 15) is 0 Å². The summed E-state index contributed by atoms with van der Waals surface area (Å²) in [4.78, 5) is 5.98. The van der Waals surface area contributed by atoms with Crippen molar-refractivity contribution < 1.29 is 0 Å². The lowest BCUT2D eigenvalue weighted by atomic mass is 9.69. The molecule has 8 aromatic carbocycles. The third-order valence-electron chi connectivity index (χ3n) is 10.4. The minimum Gasteiger partial charge on any atom is -0.312 e. The number of fused-ring (bicyclic) bond motifs is 13. The summed E-state index contributed by atoms with van der Waals surface area (Å²) in [7, 11) is 0. The number of rotatable bonds is 3. The third kappa shape index (κ3) is 3.56. The number of anilines is 3. The van der Waals surface area contributed by atoms with Crippen LogP contribution in [0.3, 0.4) is 0 Å². The second kappa shape index (κ2) is 10.0. The van der Waals surface area contributed by atoms with Gasteiger partial charge >= 0.3 is 0 Å². The summed E-state index contributed by atoms with van der Waals surface area (Å²) in [5.41, 5.74) is 13.9. The molecule has 2 nitrogen and oxygen atoms in total. The van der Waals surface area contributed by atoms with Gasteiger partial charge in [-0.1, -0.05) is 121 Å². The van der Waals surface area contributed by atoms with Crippen molar-refractivity contribution in [3.8, 4) is 22.3 Å². The van der Waals surface area contributed by atoms with Gasteiger partial charge < -0.3 is 4.90 Å². The van der Waals surface area contributed by atoms with E-state index in [0.29, 0.717) is 5.69 Å². The molecule has 0 atom stereocenters. The Morgan fingerprint density at radius 2 is 1.06 bits per heavy atom. The van der Waals surface area contributed by atoms with Gasteiger partial charge in [-0.2, -0.15) is 0 Å². The van der Waals surface area contributed by atoms with Crippen LogP contribution < -0.4 is 4.90 Å². The van der Waals surface area contributed by atoms with Gasteiger partial charge in [0.25, 0.3) is 0 Å². The zero-order chi connectivity index (χ0) is 31.8. The molecule has 0 N–H and O–H groups in total. The molecule has 222 valence electrons. The lowest BCUT2D eigenvalue weighted by molar-refractivity contribution is 0.802. The first-order valence-electron chi connectivity index (χ1n) is 16.4. The van der Waals surface area contributed by atoms with Gasteiger partial charge in [0.1, 0.15) is 0 Å². The molecule has 0 fully saturated rings. The molecule has 0 heterocycles. The van der Waals surface area contributed by atoms with Gasteiger partial charge in [-0.25, -0.2) is 4.85 Å². The minimum absolute atomic E-state index is 0.439. The van der Waals surface area contributed by atoms with Crippen LogP contribution in [-0.2, 0) is 5.41 Å². The first kappa shape index (κ1) is 26.8. The van der Waals surface area contributed by atoms with E-state index < -0.39 is 5.41 Å². The number of benzene rings is 8. The van der Waals surface area contributed by atoms with E-state index in [4.69, 9.17) is 6.57 Å². The Labute approximate surface area is 279 Å². The van der Waals surface area contributed by atoms with E-state index in [1.54, 1.807) is 0 Å². The molecule has 2 heteroatoms. The number of para-hydroxylation sites is 1. The highest BCUT2D eigenvalue weighted by atomic mass is 15.1. The molecule has 0 aliphatic heterocycles. The van der Waals surface area contributed by atoms with Crippen molar-refractivity contribution in [3.05, 3.63) is 204 Å². The lowest BCUT2D eigenvalue weighted by Crippen LogP contribution is -2.26. The quantitative estimate of drug-likeness (QED) is 0.181. The molecule has 0 radical (unpaired) electrons. The molecule has 0 amide bonds. The van der Waals surface area contributed by atoms with Gasteiger partial charge in [-0.15, -0.1) is 0 Å². The summed E-state index contributed by atoms with van der Waals surface area (Å²) >= 11 is 0. The Kier molecular flexibility index (Phi) is 5.59. The van der Waals surface area contributed by atoms with Crippen molar-refractivity contribution in [1.29, 1.82) is 0 Å². The standard InChI is InChI=1S/C46H28N2/c1-47-33-14-11-17-35(29-33)48(34-15-3-2-4-16-34)36-23-25-37-32(26-36)22-24-40-41-27-30-12-5-6-13-31(30)28-44(41)46(45(37)40)42-20-9-7-18-38(42)39-19-8-10-21-43(39)46/h2-29H. The summed E-state index contributed by atoms with van der Waals surface area (Å²) in [5.74, 6) is 0. The fourth-order valence-electron chi connectivity index (χ4n) is 8.51. The molecule has 0 aromatic heterocycles. The highest BCUT2D eigenvalue weighted by molar-refractivity contribution is 6.07. The van der Waals surface area contributed by atoms with Gasteiger partial charge in [-0.05, 0) is 115 Å². The predicted octanol–water partition coefficient (Wildman–Crippen LogP) is 12.4. The summed E-state index contributed by atoms with van der Waals surface area (Å²) in [6.45, 7) is 7.66. The zero-order valence-electron chi connectivity index (χ0n) is 26.1. The van der Waals surface area contributed by atoms with E-state index in [1.807, 2.05) is 24.3 Å². The SMILES string of the molecule is [C-]#[N+]c1cccc(N(c2ccccc2)c2ccc3c4c(ccc3c2)-c2cc3ccccc3cc2C42c3ccccc3-c3ccccc32)c1. The molecule has 10 rings (SSSR count). The van der Waals surface area contributed by atoms with Crippen LogP contribution in [0.1, 0.15) is 22.3 Å². The van der Waals surface area contributed by atoms with Crippen molar-refractivity contribution in [3.63, 3.8) is 0 Å². The maximum Gasteiger partial charge on any atom is 0.189 e. The summed E-state index contributed by atoms with van der Waals surface area (Å²) in [5, 5.41) is 4.96. The Hall–Kier alpha value is -6.43. The Bertz CT molecular complexity index is 2600. The average molecular weight is 609 g/mol. The molecule has 48 heavy (non-hydrogen) atoms. The normalized spacial score (nSPS) is 13.1. The van der Waals surface area contributed by atoms with Gasteiger partial charge in [0.05, 0.1) is 12.0 Å². The van der Waals surface area contributed by atoms with Crippen LogP contribution in [0.25, 0.3) is 48.6 Å². The zero-order valence-corrected chi connectivity index (χ0v) is 26.1. The van der Waals surface area contributed by atoms with Crippen LogP contribution in [-0.4, -0.2) is 0 Å². The van der Waals surface area contributed by atoms with E-state index in [2.05, 4.69) is 155 Å². The maximum atomic E-state index is 7.66. The first-order valence-corrected chi connectivity index (χ1v) is 16.4. The number of nitrogens with zero attached hydrogens (tertiary/aromatic N) is 2. The topological polar surface area (TPSA) is 7.60 Å². The summed E-state index contributed by atoms with van der Waals surface area (Å²) in [6, 6.07) is 61.4. The number of hydrogen-bond donors (Lipinski definition) is 0. The molecular weight excluding hydrogens is 581 g/mol. The van der Waals surface area contributed by atoms with E-state index in [1.165, 1.54) is 66.1 Å². The van der Waals surface area contributed by atoms with Crippen LogP contribution in [0.5, 0.6) is 0 Å². The molecule has 1 spiro atoms. The largest absolute Gasteiger partial charge is 0.312 e. The molecule has 2 aliphatic carbocycles. The number of hydrogen-bond acceptors (Lipinski definition) is 1. The third-order valence-corrected chi connectivity index (χ3v) is 10.4. The molecule has 0 saturated heterocycles. The lowest BCUT2D eigenvalue weighted by Gasteiger charge is -2.32. The summed E-state index contributed by atoms with van der Waals surface area (Å²) in [6.07, 6.45) is 0. The highest BCUT2D eigenvalue weighted by Crippen LogP contribution is 2.64. The molecule has 0 saturated carbocycles. The Morgan fingerprint density at radius 1 is 0.417 bits per heavy atom. The van der Waals surface area contributed by atoms with E-state index in [-0.39, 0.29) is 0 Å². The van der Waals surface area contributed by atoms with Crippen LogP contribution in [0, 0.1) is 6.57 Å². The summed E-state index contributed by atoms with van der Waals surface area (Å²) < 4.78 is 0. The van der Waals surface area contributed by atoms with Gasteiger partial charge in [0.15, 0.2) is 5.69 Å². The molecule has 0 bridgehead atoms. The Morgan fingerprint density at radius 3 is 1.81 bits per heavy atom. The molecular formula is C46H28N2. The average Bonchev–Trinajstić information content (AvgIpc) is 3.61. The molecule has 8 aromatic rings. The van der Waals surface area contributed by atoms with Crippen LogP contribution in [0.2, 0.25) is 0 Å². The fourth-order valence-corrected chi connectivity index (χ4v) is 8.51. The maximum absolute atomic E-state index is 7.66. The fraction of sp³-hybridized carbons (Fsp3) is 0.0217. The van der Waals surface area contributed by atoms with Crippen molar-refractivity contribution in [2.45, 2.75) is 5.41 Å². The van der Waals surface area contributed by atoms with Crippen molar-refractivity contribution in [1.82, 2.24) is 0 Å². The van der Waals surface area contributed by atoms with Gasteiger partial charge in [0.2, 0.25) is 0 Å². The van der Waals surface area contributed by atoms with Gasteiger partial charge in [0, 0.05) is 17.1 Å². The van der Waals surface area contributed by atoms with Crippen LogP contribution >= 0.6 is 0 Å². The van der Waals surface area contributed by atoms with Crippen molar-refractivity contribution in [2.24, 2.45) is 0 Å². The van der Waals surface area contributed by atoms with Crippen molar-refractivity contribution in [2.75, 3.05) is 4.90 Å². The monoisotopic (exact) mass is 608 g/mol. The second-order valence-corrected chi connectivity index (χ2v) is 12.8. The minimum atomic E-state index is -0.439. The van der Waals surface area contributed by atoms with E-state index >= 15 is 0 Å². The second-order valence-electron chi connectivity index (χ2n) is 12.8. The smallest absolute Gasteiger partial charge is 0.189 e.